The summed E-state index contributed by atoms with van der Waals surface area (Å²) in [7, 11) is 0. The largest absolute Gasteiger partial charge is 0.444 e. The smallest absolute Gasteiger partial charge is 0.408 e. The Morgan fingerprint density at radius 2 is 1.67 bits per heavy atom. The first-order chi connectivity index (χ1) is 15.5. The van der Waals surface area contributed by atoms with E-state index in [9.17, 15) is 14.4 Å². The number of nitrogens with zero attached hydrogens (tertiary/aromatic N) is 3. The molecule has 1 aliphatic rings. The van der Waals surface area contributed by atoms with Crippen LogP contribution in [0.15, 0.2) is 18.2 Å². The van der Waals surface area contributed by atoms with Crippen molar-refractivity contribution in [2.45, 2.75) is 53.1 Å². The maximum atomic E-state index is 13.0. The number of carbonyl (C=O) groups excluding carboxylic acids is 3. The highest BCUT2D eigenvalue weighted by molar-refractivity contribution is 5.97. The number of carbonyl (C=O) groups is 3. The van der Waals surface area contributed by atoms with Crippen LogP contribution in [0, 0.1) is 19.8 Å². The molecule has 0 spiro atoms. The molecule has 33 heavy (non-hydrogen) atoms. The first kappa shape index (κ1) is 24.4. The number of alkyl carbamates (subject to hydrolysis) is 1. The quantitative estimate of drug-likeness (QED) is 0.717. The first-order valence-electron chi connectivity index (χ1n) is 11.3. The van der Waals surface area contributed by atoms with Gasteiger partial charge in [0.05, 0.1) is 29.0 Å². The average Bonchev–Trinajstić information content (AvgIpc) is 2.75. The van der Waals surface area contributed by atoms with Gasteiger partial charge in [0.15, 0.2) is 0 Å². The highest BCUT2D eigenvalue weighted by Crippen LogP contribution is 2.20. The monoisotopic (exact) mass is 455 g/mol. The van der Waals surface area contributed by atoms with Gasteiger partial charge in [-0.25, -0.2) is 14.8 Å². The van der Waals surface area contributed by atoms with Crippen LogP contribution in [-0.2, 0) is 9.53 Å². The molecular formula is C24H33N5O4. The third-order valence-electron chi connectivity index (χ3n) is 5.60. The molecule has 3 rings (SSSR count). The molecule has 1 fully saturated rings. The van der Waals surface area contributed by atoms with E-state index < -0.39 is 11.7 Å². The molecule has 2 aromatic rings. The van der Waals surface area contributed by atoms with Crippen molar-refractivity contribution in [3.8, 4) is 0 Å². The van der Waals surface area contributed by atoms with Crippen LogP contribution in [0.2, 0.25) is 0 Å². The zero-order chi connectivity index (χ0) is 24.2. The lowest BCUT2D eigenvalue weighted by Crippen LogP contribution is -2.44. The van der Waals surface area contributed by atoms with Gasteiger partial charge >= 0.3 is 6.09 Å². The van der Waals surface area contributed by atoms with Crippen LogP contribution >= 0.6 is 0 Å². The minimum absolute atomic E-state index is 0.0130. The highest BCUT2D eigenvalue weighted by atomic mass is 16.6. The Kier molecular flexibility index (Phi) is 7.50. The molecule has 0 bridgehead atoms. The summed E-state index contributed by atoms with van der Waals surface area (Å²) in [6.07, 6.45) is 0.989. The summed E-state index contributed by atoms with van der Waals surface area (Å²) in [6, 6.07) is 5.45. The summed E-state index contributed by atoms with van der Waals surface area (Å²) in [5.41, 5.74) is 3.25. The molecule has 0 atom stereocenters. The maximum absolute atomic E-state index is 13.0. The second-order valence-corrected chi connectivity index (χ2v) is 9.49. The molecular weight excluding hydrogens is 422 g/mol. The second kappa shape index (κ2) is 10.1. The Labute approximate surface area is 194 Å². The number of amides is 3. The summed E-state index contributed by atoms with van der Waals surface area (Å²) in [5, 5.41) is 5.30. The van der Waals surface area contributed by atoms with Crippen LogP contribution in [0.3, 0.4) is 0 Å². The molecule has 1 aromatic heterocycles. The predicted octanol–water partition coefficient (Wildman–Crippen LogP) is 2.74. The fourth-order valence-corrected chi connectivity index (χ4v) is 3.67. The number of aromatic nitrogens is 2. The first-order valence-corrected chi connectivity index (χ1v) is 11.3. The lowest BCUT2D eigenvalue weighted by molar-refractivity contribution is -0.120. The van der Waals surface area contributed by atoms with E-state index in [2.05, 4.69) is 20.6 Å². The number of rotatable bonds is 5. The number of benzene rings is 1. The van der Waals surface area contributed by atoms with Gasteiger partial charge in [-0.05, 0) is 71.6 Å². The lowest BCUT2D eigenvalue weighted by Gasteiger charge is -2.32. The van der Waals surface area contributed by atoms with Crippen LogP contribution in [0.25, 0.3) is 11.0 Å². The van der Waals surface area contributed by atoms with Gasteiger partial charge in [0.25, 0.3) is 5.91 Å². The van der Waals surface area contributed by atoms with Gasteiger partial charge in [0.2, 0.25) is 5.91 Å². The summed E-state index contributed by atoms with van der Waals surface area (Å²) in [6.45, 7) is 10.8. The molecule has 3 amide bonds. The molecule has 1 aliphatic heterocycles. The number of piperidine rings is 1. The van der Waals surface area contributed by atoms with Crippen LogP contribution < -0.4 is 10.6 Å². The summed E-state index contributed by atoms with van der Waals surface area (Å²) in [4.78, 5) is 47.5. The molecule has 178 valence electrons. The van der Waals surface area contributed by atoms with Crippen LogP contribution in [-0.4, -0.2) is 64.6 Å². The van der Waals surface area contributed by atoms with Crippen molar-refractivity contribution in [2.24, 2.45) is 5.92 Å². The zero-order valence-corrected chi connectivity index (χ0v) is 20.0. The third kappa shape index (κ3) is 6.87. The number of ether oxygens (including phenoxy) is 1. The minimum Gasteiger partial charge on any atom is -0.444 e. The van der Waals surface area contributed by atoms with Gasteiger partial charge in [-0.15, -0.1) is 0 Å². The van der Waals surface area contributed by atoms with Gasteiger partial charge < -0.3 is 20.3 Å². The van der Waals surface area contributed by atoms with E-state index in [1.807, 2.05) is 24.8 Å². The van der Waals surface area contributed by atoms with Gasteiger partial charge in [0.1, 0.15) is 5.60 Å². The number of hydrogen-bond donors (Lipinski definition) is 2. The summed E-state index contributed by atoms with van der Waals surface area (Å²) in [5.74, 6) is 0.00997. The van der Waals surface area contributed by atoms with E-state index in [-0.39, 0.29) is 24.3 Å². The predicted molar refractivity (Wildman–Crippen MR) is 125 cm³/mol. The SMILES string of the molecule is Cc1nc2ccc(C(=O)N3CCC(CNC(=O)CNC(=O)OC(C)(C)C)CC3)cc2nc1C. The normalized spacial score (nSPS) is 14.8. The van der Waals surface area contributed by atoms with E-state index in [0.717, 1.165) is 35.3 Å². The second-order valence-electron chi connectivity index (χ2n) is 9.49. The number of hydrogen-bond acceptors (Lipinski definition) is 6. The van der Waals surface area contributed by atoms with E-state index in [1.54, 1.807) is 32.9 Å². The van der Waals surface area contributed by atoms with Gasteiger partial charge in [-0.1, -0.05) is 0 Å². The molecule has 0 saturated carbocycles. The third-order valence-corrected chi connectivity index (χ3v) is 5.60. The van der Waals surface area contributed by atoms with Crippen molar-refractivity contribution in [3.63, 3.8) is 0 Å². The fraction of sp³-hybridized carbons (Fsp3) is 0.542. The molecule has 1 saturated heterocycles. The van der Waals surface area contributed by atoms with Crippen molar-refractivity contribution in [3.05, 3.63) is 35.2 Å². The Morgan fingerprint density at radius 3 is 2.30 bits per heavy atom. The molecule has 2 N–H and O–H groups in total. The van der Waals surface area contributed by atoms with Crippen molar-refractivity contribution in [1.82, 2.24) is 25.5 Å². The average molecular weight is 456 g/mol. The molecule has 0 unspecified atom stereocenters. The Morgan fingerprint density at radius 1 is 1.03 bits per heavy atom. The topological polar surface area (TPSA) is 114 Å². The molecule has 0 radical (unpaired) electrons. The Bertz CT molecular complexity index is 1040. The van der Waals surface area contributed by atoms with E-state index in [0.29, 0.717) is 25.2 Å². The molecule has 2 heterocycles. The number of aryl methyl sites for hydroxylation is 2. The molecule has 0 aliphatic carbocycles. The van der Waals surface area contributed by atoms with E-state index in [4.69, 9.17) is 4.74 Å². The summed E-state index contributed by atoms with van der Waals surface area (Å²) < 4.78 is 5.11. The maximum Gasteiger partial charge on any atom is 0.408 e. The van der Waals surface area contributed by atoms with Crippen molar-refractivity contribution < 1.29 is 19.1 Å². The van der Waals surface area contributed by atoms with Crippen LogP contribution in [0.4, 0.5) is 4.79 Å². The lowest BCUT2D eigenvalue weighted by atomic mass is 9.96. The highest BCUT2D eigenvalue weighted by Gasteiger charge is 2.24. The standard InChI is InChI=1S/C24H33N5O4/c1-15-16(2)28-20-12-18(6-7-19(20)27-15)22(31)29-10-8-17(9-11-29)13-25-21(30)14-26-23(32)33-24(3,4)5/h6-7,12,17H,8-11,13-14H2,1-5H3,(H,25,30)(H,26,32). The van der Waals surface area contributed by atoms with Gasteiger partial charge in [0, 0.05) is 25.2 Å². The number of fused-ring (bicyclic) bond motifs is 1. The van der Waals surface area contributed by atoms with Crippen LogP contribution in [0.5, 0.6) is 0 Å². The fourth-order valence-electron chi connectivity index (χ4n) is 3.67. The summed E-state index contributed by atoms with van der Waals surface area (Å²) >= 11 is 0. The molecule has 9 nitrogen and oxygen atoms in total. The van der Waals surface area contributed by atoms with E-state index in [1.165, 1.54) is 0 Å². The number of likely N-dealkylation sites (tertiary alicyclic amines) is 1. The van der Waals surface area contributed by atoms with Crippen molar-refractivity contribution in [2.75, 3.05) is 26.2 Å². The van der Waals surface area contributed by atoms with Crippen molar-refractivity contribution in [1.29, 1.82) is 0 Å². The van der Waals surface area contributed by atoms with Crippen molar-refractivity contribution >= 4 is 28.9 Å². The van der Waals surface area contributed by atoms with Gasteiger partial charge in [-0.2, -0.15) is 0 Å². The zero-order valence-electron chi connectivity index (χ0n) is 20.0. The van der Waals surface area contributed by atoms with Gasteiger partial charge in [-0.3, -0.25) is 9.59 Å². The molecule has 9 heteroatoms. The Hall–Kier alpha value is -3.23. The van der Waals surface area contributed by atoms with Crippen LogP contribution in [0.1, 0.15) is 55.4 Å². The Balaban J connectivity index is 1.44. The minimum atomic E-state index is -0.616. The van der Waals surface area contributed by atoms with E-state index >= 15 is 0 Å². The number of nitrogens with one attached hydrogen (secondary N) is 2. The molecule has 1 aromatic carbocycles.